The van der Waals surface area contributed by atoms with E-state index >= 15 is 0 Å². The summed E-state index contributed by atoms with van der Waals surface area (Å²) in [5.74, 6) is 0. The van der Waals surface area contributed by atoms with E-state index in [1.54, 1.807) is 7.11 Å². The molecule has 0 bridgehead atoms. The normalized spacial score (nSPS) is 14.2. The smallest absolute Gasteiger partial charge is 0.132 e. The first-order chi connectivity index (χ1) is 6.99. The summed E-state index contributed by atoms with van der Waals surface area (Å²) in [7, 11) is 1.66. The van der Waals surface area contributed by atoms with Gasteiger partial charge in [-0.05, 0) is 27.7 Å². The van der Waals surface area contributed by atoms with Crippen molar-refractivity contribution in [3.05, 3.63) is 0 Å². The highest BCUT2D eigenvalue weighted by Crippen LogP contribution is 2.02. The fourth-order valence-corrected chi connectivity index (χ4v) is 1.15. The topological polar surface area (TPSA) is 39.7 Å². The predicted molar refractivity (Wildman–Crippen MR) is 61.0 cm³/mol. The quantitative estimate of drug-likeness (QED) is 0.495. The van der Waals surface area contributed by atoms with Crippen LogP contribution >= 0.6 is 0 Å². The van der Waals surface area contributed by atoms with E-state index in [4.69, 9.17) is 14.2 Å². The van der Waals surface area contributed by atoms with Gasteiger partial charge in [0.25, 0.3) is 0 Å². The second-order valence-corrected chi connectivity index (χ2v) is 4.41. The molecule has 4 nitrogen and oxygen atoms in total. The molecule has 0 aromatic carbocycles. The van der Waals surface area contributed by atoms with E-state index in [1.807, 2.05) is 6.92 Å². The summed E-state index contributed by atoms with van der Waals surface area (Å²) in [4.78, 5) is 0. The Morgan fingerprint density at radius 1 is 1.20 bits per heavy atom. The average molecular weight is 219 g/mol. The Balaban J connectivity index is 3.73. The maximum atomic E-state index is 5.52. The van der Waals surface area contributed by atoms with Gasteiger partial charge in [-0.1, -0.05) is 0 Å². The van der Waals surface area contributed by atoms with Gasteiger partial charge in [0.15, 0.2) is 0 Å². The minimum atomic E-state index is -0.0492. The summed E-state index contributed by atoms with van der Waals surface area (Å²) < 4.78 is 15.8. The molecule has 0 amide bonds. The molecule has 0 aliphatic rings. The molecular weight excluding hydrogens is 194 g/mol. The summed E-state index contributed by atoms with van der Waals surface area (Å²) >= 11 is 0. The van der Waals surface area contributed by atoms with Crippen molar-refractivity contribution in [3.63, 3.8) is 0 Å². The van der Waals surface area contributed by atoms with Gasteiger partial charge >= 0.3 is 0 Å². The molecule has 0 aromatic heterocycles. The standard InChI is InChI=1S/C11H25NO3/c1-6-15-10(12-11(2,3)4)9-14-8-7-13-5/h10,12H,6-9H2,1-5H3. The zero-order valence-electron chi connectivity index (χ0n) is 10.6. The van der Waals surface area contributed by atoms with Crippen LogP contribution in [0.5, 0.6) is 0 Å². The van der Waals surface area contributed by atoms with Crippen LogP contribution in [0.15, 0.2) is 0 Å². The monoisotopic (exact) mass is 219 g/mol. The van der Waals surface area contributed by atoms with Crippen LogP contribution in [-0.4, -0.2) is 45.3 Å². The van der Waals surface area contributed by atoms with Gasteiger partial charge in [0, 0.05) is 19.3 Å². The lowest BCUT2D eigenvalue weighted by Gasteiger charge is -2.28. The Morgan fingerprint density at radius 2 is 1.87 bits per heavy atom. The Bertz CT molecular complexity index is 145. The molecule has 1 N–H and O–H groups in total. The summed E-state index contributed by atoms with van der Waals surface area (Å²) in [6.07, 6.45) is -0.0492. The predicted octanol–water partition coefficient (Wildman–Crippen LogP) is 1.40. The zero-order valence-corrected chi connectivity index (χ0v) is 10.6. The minimum absolute atomic E-state index is 0.0322. The van der Waals surface area contributed by atoms with Crippen LogP contribution in [-0.2, 0) is 14.2 Å². The molecule has 0 fully saturated rings. The van der Waals surface area contributed by atoms with Crippen LogP contribution in [0.2, 0.25) is 0 Å². The van der Waals surface area contributed by atoms with E-state index in [0.717, 1.165) is 0 Å². The molecule has 1 unspecified atom stereocenters. The molecule has 0 spiro atoms. The van der Waals surface area contributed by atoms with Crippen LogP contribution in [0.4, 0.5) is 0 Å². The molecule has 0 saturated heterocycles. The highest BCUT2D eigenvalue weighted by Gasteiger charge is 2.17. The lowest BCUT2D eigenvalue weighted by molar-refractivity contribution is -0.0486. The highest BCUT2D eigenvalue weighted by molar-refractivity contribution is 4.72. The maximum Gasteiger partial charge on any atom is 0.132 e. The third-order valence-corrected chi connectivity index (χ3v) is 1.66. The Morgan fingerprint density at radius 3 is 2.33 bits per heavy atom. The SMILES string of the molecule is CCOC(COCCOC)NC(C)(C)C. The lowest BCUT2D eigenvalue weighted by atomic mass is 10.1. The molecule has 1 atom stereocenters. The van der Waals surface area contributed by atoms with Crippen LogP contribution in [0.1, 0.15) is 27.7 Å². The molecule has 15 heavy (non-hydrogen) atoms. The van der Waals surface area contributed by atoms with E-state index in [2.05, 4.69) is 26.1 Å². The third kappa shape index (κ3) is 10.1. The minimum Gasteiger partial charge on any atom is -0.382 e. The molecule has 0 aliphatic carbocycles. The second-order valence-electron chi connectivity index (χ2n) is 4.41. The van der Waals surface area contributed by atoms with E-state index in [9.17, 15) is 0 Å². The Hall–Kier alpha value is -0.160. The molecular formula is C11H25NO3. The molecule has 0 saturated carbocycles. The molecule has 0 aliphatic heterocycles. The van der Waals surface area contributed by atoms with Gasteiger partial charge in [0.1, 0.15) is 6.23 Å². The first-order valence-corrected chi connectivity index (χ1v) is 5.45. The van der Waals surface area contributed by atoms with Gasteiger partial charge in [0.05, 0.1) is 19.8 Å². The van der Waals surface area contributed by atoms with Gasteiger partial charge < -0.3 is 14.2 Å². The lowest BCUT2D eigenvalue weighted by Crippen LogP contribution is -2.47. The first-order valence-electron chi connectivity index (χ1n) is 5.45. The van der Waals surface area contributed by atoms with Crippen molar-refractivity contribution in [3.8, 4) is 0 Å². The van der Waals surface area contributed by atoms with Crippen LogP contribution in [0, 0.1) is 0 Å². The number of hydrogen-bond acceptors (Lipinski definition) is 4. The van der Waals surface area contributed by atoms with Gasteiger partial charge in [-0.15, -0.1) is 0 Å². The van der Waals surface area contributed by atoms with Crippen molar-refractivity contribution in [2.45, 2.75) is 39.5 Å². The first kappa shape index (κ1) is 14.8. The van der Waals surface area contributed by atoms with E-state index in [1.165, 1.54) is 0 Å². The van der Waals surface area contributed by atoms with Crippen LogP contribution < -0.4 is 5.32 Å². The van der Waals surface area contributed by atoms with Crippen LogP contribution in [0.3, 0.4) is 0 Å². The number of nitrogens with one attached hydrogen (secondary N) is 1. The van der Waals surface area contributed by atoms with Crippen molar-refractivity contribution in [2.24, 2.45) is 0 Å². The van der Waals surface area contributed by atoms with Crippen molar-refractivity contribution in [1.29, 1.82) is 0 Å². The summed E-state index contributed by atoms with van der Waals surface area (Å²) in [6.45, 7) is 10.7. The average Bonchev–Trinajstić information content (AvgIpc) is 2.10. The number of methoxy groups -OCH3 is 1. The molecule has 92 valence electrons. The van der Waals surface area contributed by atoms with E-state index in [-0.39, 0.29) is 11.8 Å². The Kier molecular flexibility index (Phi) is 7.96. The fraction of sp³-hybridized carbons (Fsp3) is 1.00. The molecule has 0 heterocycles. The van der Waals surface area contributed by atoms with Crippen LogP contribution in [0.25, 0.3) is 0 Å². The van der Waals surface area contributed by atoms with E-state index < -0.39 is 0 Å². The maximum absolute atomic E-state index is 5.52. The van der Waals surface area contributed by atoms with Crippen molar-refractivity contribution in [2.75, 3.05) is 33.5 Å². The molecule has 0 radical (unpaired) electrons. The summed E-state index contributed by atoms with van der Waals surface area (Å²) in [5.41, 5.74) is 0.0322. The number of hydrogen-bond donors (Lipinski definition) is 1. The molecule has 4 heteroatoms. The van der Waals surface area contributed by atoms with Crippen molar-refractivity contribution in [1.82, 2.24) is 5.32 Å². The summed E-state index contributed by atoms with van der Waals surface area (Å²) in [5, 5.41) is 3.35. The molecule has 0 rings (SSSR count). The zero-order chi connectivity index (χ0) is 11.7. The van der Waals surface area contributed by atoms with Crippen molar-refractivity contribution >= 4 is 0 Å². The number of rotatable bonds is 8. The van der Waals surface area contributed by atoms with Gasteiger partial charge in [-0.2, -0.15) is 0 Å². The number of ether oxygens (including phenoxy) is 3. The van der Waals surface area contributed by atoms with Crippen molar-refractivity contribution < 1.29 is 14.2 Å². The second kappa shape index (κ2) is 8.05. The van der Waals surface area contributed by atoms with Gasteiger partial charge in [-0.25, -0.2) is 0 Å². The largest absolute Gasteiger partial charge is 0.382 e. The van der Waals surface area contributed by atoms with Gasteiger partial charge in [0.2, 0.25) is 0 Å². The molecule has 0 aromatic rings. The summed E-state index contributed by atoms with van der Waals surface area (Å²) in [6, 6.07) is 0. The van der Waals surface area contributed by atoms with Gasteiger partial charge in [-0.3, -0.25) is 5.32 Å². The third-order valence-electron chi connectivity index (χ3n) is 1.66. The van der Waals surface area contributed by atoms with E-state index in [0.29, 0.717) is 26.4 Å². The fourth-order valence-electron chi connectivity index (χ4n) is 1.15. The Labute approximate surface area is 93.3 Å². The highest BCUT2D eigenvalue weighted by atomic mass is 16.6.